The summed E-state index contributed by atoms with van der Waals surface area (Å²) in [5, 5.41) is 8.29. The highest BCUT2D eigenvalue weighted by molar-refractivity contribution is 6.00. The molecule has 0 spiro atoms. The molecular formula is C22H26N4O3. The van der Waals surface area contributed by atoms with Gasteiger partial charge in [-0.2, -0.15) is 0 Å². The summed E-state index contributed by atoms with van der Waals surface area (Å²) in [4.78, 5) is 38.6. The minimum atomic E-state index is -0.696. The van der Waals surface area contributed by atoms with Crippen LogP contribution in [0.4, 0.5) is 21.9 Å². The molecule has 1 saturated heterocycles. The van der Waals surface area contributed by atoms with Crippen molar-refractivity contribution in [2.45, 2.75) is 32.7 Å². The highest BCUT2D eigenvalue weighted by atomic mass is 16.2. The van der Waals surface area contributed by atoms with Crippen molar-refractivity contribution < 1.29 is 14.4 Å². The molecule has 3 N–H and O–H groups in total. The Labute approximate surface area is 170 Å². The molecule has 1 heterocycles. The van der Waals surface area contributed by atoms with Gasteiger partial charge in [0.15, 0.2) is 0 Å². The monoisotopic (exact) mass is 394 g/mol. The van der Waals surface area contributed by atoms with Crippen molar-refractivity contribution in [2.24, 2.45) is 5.92 Å². The smallest absolute Gasteiger partial charge is 0.319 e. The molecule has 2 aromatic rings. The number of carbonyl (C=O) groups excluding carboxylic acids is 3. The molecule has 1 fully saturated rings. The molecule has 29 heavy (non-hydrogen) atoms. The molecule has 1 aliphatic heterocycles. The number of benzene rings is 2. The average Bonchev–Trinajstić information content (AvgIpc) is 3.13. The Hall–Kier alpha value is -3.35. The Morgan fingerprint density at radius 2 is 1.59 bits per heavy atom. The standard InChI is InChI=1S/C22H26N4O3/c1-15(2)20(25-22(29)24-16-7-4-3-5-8-16)21(28)23-17-10-12-18(13-11-17)26-14-6-9-19(26)27/h3-5,7-8,10-13,15,20H,6,9,14H2,1-2H3,(H,23,28)(H2,24,25,29). The summed E-state index contributed by atoms with van der Waals surface area (Å²) in [6.07, 6.45) is 1.44. The van der Waals surface area contributed by atoms with E-state index in [1.807, 2.05) is 44.2 Å². The Bertz CT molecular complexity index is 865. The third-order valence-electron chi connectivity index (χ3n) is 4.79. The molecule has 4 amide bonds. The van der Waals surface area contributed by atoms with Crippen LogP contribution in [-0.2, 0) is 9.59 Å². The van der Waals surface area contributed by atoms with E-state index in [-0.39, 0.29) is 17.7 Å². The fourth-order valence-corrected chi connectivity index (χ4v) is 3.23. The van der Waals surface area contributed by atoms with Crippen LogP contribution in [-0.4, -0.2) is 30.4 Å². The van der Waals surface area contributed by atoms with E-state index in [1.165, 1.54) is 0 Å². The van der Waals surface area contributed by atoms with Gasteiger partial charge in [-0.3, -0.25) is 9.59 Å². The summed E-state index contributed by atoms with van der Waals surface area (Å²) in [7, 11) is 0. The first kappa shape index (κ1) is 20.4. The number of amides is 4. The summed E-state index contributed by atoms with van der Waals surface area (Å²) in [5.74, 6) is -0.276. The maximum atomic E-state index is 12.7. The highest BCUT2D eigenvalue weighted by Gasteiger charge is 2.25. The van der Waals surface area contributed by atoms with Gasteiger partial charge in [-0.05, 0) is 48.7 Å². The van der Waals surface area contributed by atoms with Crippen LogP contribution < -0.4 is 20.9 Å². The van der Waals surface area contributed by atoms with Crippen molar-refractivity contribution in [2.75, 3.05) is 22.1 Å². The number of hydrogen-bond acceptors (Lipinski definition) is 3. The van der Waals surface area contributed by atoms with Crippen LogP contribution in [0.25, 0.3) is 0 Å². The molecule has 0 bridgehead atoms. The highest BCUT2D eigenvalue weighted by Crippen LogP contribution is 2.23. The second-order valence-electron chi connectivity index (χ2n) is 7.37. The zero-order valence-electron chi connectivity index (χ0n) is 16.6. The quantitative estimate of drug-likeness (QED) is 0.699. The second kappa shape index (κ2) is 9.23. The molecule has 2 aromatic carbocycles. The first-order valence-corrected chi connectivity index (χ1v) is 9.78. The average molecular weight is 394 g/mol. The van der Waals surface area contributed by atoms with Gasteiger partial charge in [-0.15, -0.1) is 0 Å². The molecule has 3 rings (SSSR count). The van der Waals surface area contributed by atoms with Crippen LogP contribution in [0.5, 0.6) is 0 Å². The van der Waals surface area contributed by atoms with Gasteiger partial charge < -0.3 is 20.9 Å². The number of nitrogens with one attached hydrogen (secondary N) is 3. The van der Waals surface area contributed by atoms with Gasteiger partial charge in [-0.1, -0.05) is 32.0 Å². The molecular weight excluding hydrogens is 368 g/mol. The molecule has 0 aliphatic carbocycles. The van der Waals surface area contributed by atoms with Crippen LogP contribution in [0.3, 0.4) is 0 Å². The third kappa shape index (κ3) is 5.34. The molecule has 152 valence electrons. The molecule has 0 saturated carbocycles. The molecule has 0 aromatic heterocycles. The van der Waals surface area contributed by atoms with Crippen molar-refractivity contribution in [1.82, 2.24) is 5.32 Å². The molecule has 1 unspecified atom stereocenters. The van der Waals surface area contributed by atoms with Crippen LogP contribution >= 0.6 is 0 Å². The summed E-state index contributed by atoms with van der Waals surface area (Å²) in [5.41, 5.74) is 2.09. The van der Waals surface area contributed by atoms with E-state index >= 15 is 0 Å². The van der Waals surface area contributed by atoms with Gasteiger partial charge in [0, 0.05) is 30.0 Å². The first-order valence-electron chi connectivity index (χ1n) is 9.78. The van der Waals surface area contributed by atoms with Crippen LogP contribution in [0.15, 0.2) is 54.6 Å². The zero-order chi connectivity index (χ0) is 20.8. The van der Waals surface area contributed by atoms with Crippen LogP contribution in [0, 0.1) is 5.92 Å². The van der Waals surface area contributed by atoms with Gasteiger partial charge >= 0.3 is 6.03 Å². The van der Waals surface area contributed by atoms with E-state index in [1.54, 1.807) is 29.2 Å². The topological polar surface area (TPSA) is 90.5 Å². The minimum absolute atomic E-state index is 0.0991. The van der Waals surface area contributed by atoms with E-state index in [2.05, 4.69) is 16.0 Å². The SMILES string of the molecule is CC(C)C(NC(=O)Nc1ccccc1)C(=O)Nc1ccc(N2CCCC2=O)cc1. The lowest BCUT2D eigenvalue weighted by Crippen LogP contribution is -2.48. The van der Waals surface area contributed by atoms with E-state index in [0.29, 0.717) is 17.8 Å². The summed E-state index contributed by atoms with van der Waals surface area (Å²) in [6, 6.07) is 15.1. The predicted molar refractivity (Wildman–Crippen MR) is 114 cm³/mol. The second-order valence-corrected chi connectivity index (χ2v) is 7.37. The third-order valence-corrected chi connectivity index (χ3v) is 4.79. The number of anilines is 3. The van der Waals surface area contributed by atoms with E-state index in [0.717, 1.165) is 18.7 Å². The predicted octanol–water partition coefficient (Wildman–Crippen LogP) is 3.60. The maximum absolute atomic E-state index is 12.7. The Kier molecular flexibility index (Phi) is 6.49. The summed E-state index contributed by atoms with van der Waals surface area (Å²) >= 11 is 0. The van der Waals surface area contributed by atoms with Crippen molar-refractivity contribution in [3.05, 3.63) is 54.6 Å². The Morgan fingerprint density at radius 1 is 0.931 bits per heavy atom. The number of urea groups is 1. The number of rotatable bonds is 6. The lowest BCUT2D eigenvalue weighted by atomic mass is 10.0. The number of hydrogen-bond donors (Lipinski definition) is 3. The van der Waals surface area contributed by atoms with Crippen LogP contribution in [0.1, 0.15) is 26.7 Å². The fourth-order valence-electron chi connectivity index (χ4n) is 3.23. The van der Waals surface area contributed by atoms with Gasteiger partial charge in [-0.25, -0.2) is 4.79 Å². The first-order chi connectivity index (χ1) is 13.9. The van der Waals surface area contributed by atoms with Crippen molar-refractivity contribution >= 4 is 34.9 Å². The Morgan fingerprint density at radius 3 is 2.17 bits per heavy atom. The van der Waals surface area contributed by atoms with Gasteiger partial charge in [0.2, 0.25) is 11.8 Å². The van der Waals surface area contributed by atoms with Crippen LogP contribution in [0.2, 0.25) is 0 Å². The molecule has 1 aliphatic rings. The largest absolute Gasteiger partial charge is 0.326 e. The lowest BCUT2D eigenvalue weighted by molar-refractivity contribution is -0.119. The number of para-hydroxylation sites is 1. The van der Waals surface area contributed by atoms with E-state index in [9.17, 15) is 14.4 Å². The summed E-state index contributed by atoms with van der Waals surface area (Å²) in [6.45, 7) is 4.46. The maximum Gasteiger partial charge on any atom is 0.319 e. The van der Waals surface area contributed by atoms with Crippen molar-refractivity contribution in [1.29, 1.82) is 0 Å². The van der Waals surface area contributed by atoms with E-state index < -0.39 is 12.1 Å². The van der Waals surface area contributed by atoms with E-state index in [4.69, 9.17) is 0 Å². The van der Waals surface area contributed by atoms with Crippen molar-refractivity contribution in [3.8, 4) is 0 Å². The number of carbonyl (C=O) groups is 3. The molecule has 1 atom stereocenters. The Balaban J connectivity index is 1.60. The lowest BCUT2D eigenvalue weighted by Gasteiger charge is -2.22. The number of nitrogens with zero attached hydrogens (tertiary/aromatic N) is 1. The van der Waals surface area contributed by atoms with Crippen molar-refractivity contribution in [3.63, 3.8) is 0 Å². The van der Waals surface area contributed by atoms with Gasteiger partial charge in [0.05, 0.1) is 0 Å². The fraction of sp³-hybridized carbons (Fsp3) is 0.318. The molecule has 7 nitrogen and oxygen atoms in total. The van der Waals surface area contributed by atoms with Gasteiger partial charge in [0.25, 0.3) is 0 Å². The molecule has 0 radical (unpaired) electrons. The normalized spacial score (nSPS) is 14.6. The summed E-state index contributed by atoms with van der Waals surface area (Å²) < 4.78 is 0. The molecule has 7 heteroatoms. The zero-order valence-corrected chi connectivity index (χ0v) is 16.6. The minimum Gasteiger partial charge on any atom is -0.326 e. The van der Waals surface area contributed by atoms with Gasteiger partial charge in [0.1, 0.15) is 6.04 Å².